The van der Waals surface area contributed by atoms with E-state index >= 15 is 0 Å². The molecule has 9 heteroatoms. The Kier molecular flexibility index (Phi) is 7.65. The van der Waals surface area contributed by atoms with Crippen LogP contribution in [0.2, 0.25) is 0 Å². The Morgan fingerprint density at radius 1 is 1.03 bits per heavy atom. The second kappa shape index (κ2) is 10.3. The van der Waals surface area contributed by atoms with Gasteiger partial charge in [-0.3, -0.25) is 9.59 Å². The maximum absolute atomic E-state index is 13.1. The normalized spacial score (nSPS) is 17.5. The lowest BCUT2D eigenvalue weighted by Crippen LogP contribution is -2.35. The van der Waals surface area contributed by atoms with Gasteiger partial charge in [0.25, 0.3) is 11.7 Å². The molecule has 1 aliphatic rings. The van der Waals surface area contributed by atoms with E-state index in [9.17, 15) is 14.7 Å². The zero-order valence-electron chi connectivity index (χ0n) is 19.2. The number of hydrogen-bond donors (Lipinski definition) is 1. The maximum atomic E-state index is 13.1. The van der Waals surface area contributed by atoms with Crippen molar-refractivity contribution >= 4 is 33.4 Å². The summed E-state index contributed by atoms with van der Waals surface area (Å²) in [5, 5.41) is 11.1. The van der Waals surface area contributed by atoms with Gasteiger partial charge in [-0.1, -0.05) is 28.1 Å². The molecule has 0 aliphatic carbocycles. The van der Waals surface area contributed by atoms with Crippen molar-refractivity contribution in [1.29, 1.82) is 0 Å². The zero-order chi connectivity index (χ0) is 24.3. The minimum absolute atomic E-state index is 0.00958. The molecule has 0 bridgehead atoms. The van der Waals surface area contributed by atoms with Gasteiger partial charge in [0, 0.05) is 23.1 Å². The summed E-state index contributed by atoms with van der Waals surface area (Å²) in [5.74, 6) is -0.501. The Morgan fingerprint density at radius 3 is 2.09 bits per heavy atom. The fourth-order valence-electron chi connectivity index (χ4n) is 3.79. The third kappa shape index (κ3) is 4.84. The van der Waals surface area contributed by atoms with Crippen molar-refractivity contribution in [2.24, 2.45) is 0 Å². The van der Waals surface area contributed by atoms with Crippen LogP contribution in [0.15, 0.2) is 46.4 Å². The lowest BCUT2D eigenvalue weighted by Gasteiger charge is -2.27. The Balaban J connectivity index is 2.25. The van der Waals surface area contributed by atoms with Gasteiger partial charge in [0.1, 0.15) is 5.76 Å². The Bertz CT molecular complexity index is 1060. The van der Waals surface area contributed by atoms with Gasteiger partial charge in [-0.05, 0) is 43.9 Å². The molecule has 1 aliphatic heterocycles. The minimum Gasteiger partial charge on any atom is -0.507 e. The van der Waals surface area contributed by atoms with Gasteiger partial charge >= 0.3 is 0 Å². The van der Waals surface area contributed by atoms with Gasteiger partial charge < -0.3 is 29.1 Å². The van der Waals surface area contributed by atoms with Crippen LogP contribution in [-0.2, 0) is 9.59 Å². The number of hydrogen-bond acceptors (Lipinski definition) is 7. The number of aliphatic hydroxyl groups is 1. The van der Waals surface area contributed by atoms with Crippen LogP contribution in [0.25, 0.3) is 5.76 Å². The molecule has 0 aromatic heterocycles. The van der Waals surface area contributed by atoms with Gasteiger partial charge in [-0.15, -0.1) is 0 Å². The van der Waals surface area contributed by atoms with Crippen LogP contribution in [0.4, 0.5) is 0 Å². The van der Waals surface area contributed by atoms with Crippen LogP contribution in [0.1, 0.15) is 17.2 Å². The van der Waals surface area contributed by atoms with Crippen LogP contribution < -0.4 is 14.2 Å². The Hall–Kier alpha value is -3.04. The monoisotopic (exact) mass is 518 g/mol. The summed E-state index contributed by atoms with van der Waals surface area (Å²) in [5.41, 5.74) is 0.998. The number of aliphatic hydroxyl groups excluding tert-OH is 1. The number of nitrogens with zero attached hydrogens (tertiary/aromatic N) is 2. The van der Waals surface area contributed by atoms with Gasteiger partial charge in [0.05, 0.1) is 32.9 Å². The highest BCUT2D eigenvalue weighted by atomic mass is 79.9. The minimum atomic E-state index is -0.831. The Morgan fingerprint density at radius 2 is 1.61 bits per heavy atom. The highest BCUT2D eigenvalue weighted by Gasteiger charge is 2.46. The second-order valence-electron chi connectivity index (χ2n) is 7.76. The van der Waals surface area contributed by atoms with Gasteiger partial charge in [0.2, 0.25) is 5.75 Å². The van der Waals surface area contributed by atoms with E-state index in [4.69, 9.17) is 14.2 Å². The van der Waals surface area contributed by atoms with E-state index in [-0.39, 0.29) is 17.9 Å². The summed E-state index contributed by atoms with van der Waals surface area (Å²) in [7, 11) is 8.24. The van der Waals surface area contributed by atoms with E-state index in [2.05, 4.69) is 15.9 Å². The largest absolute Gasteiger partial charge is 0.507 e. The highest BCUT2D eigenvalue weighted by Crippen LogP contribution is 2.45. The number of ketones is 1. The SMILES string of the molecule is COc1cc(C2C(=C(O)c3ccc(Br)cc3)C(=O)C(=O)N2CCN(C)C)cc(OC)c1OC. The predicted octanol–water partition coefficient (Wildman–Crippen LogP) is 3.46. The molecule has 1 heterocycles. The fraction of sp³-hybridized carbons (Fsp3) is 0.333. The van der Waals surface area contributed by atoms with Crippen molar-refractivity contribution in [3.05, 3.63) is 57.6 Å². The summed E-state index contributed by atoms with van der Waals surface area (Å²) < 4.78 is 17.2. The van der Waals surface area contributed by atoms with Crippen LogP contribution in [0.3, 0.4) is 0 Å². The molecule has 2 aromatic carbocycles. The topological polar surface area (TPSA) is 88.5 Å². The van der Waals surface area contributed by atoms with Crippen LogP contribution >= 0.6 is 15.9 Å². The molecule has 3 rings (SSSR count). The van der Waals surface area contributed by atoms with Crippen LogP contribution in [-0.4, -0.2) is 75.1 Å². The lowest BCUT2D eigenvalue weighted by atomic mass is 9.94. The van der Waals surface area contributed by atoms with Crippen molar-refractivity contribution < 1.29 is 28.9 Å². The van der Waals surface area contributed by atoms with E-state index in [1.807, 2.05) is 19.0 Å². The smallest absolute Gasteiger partial charge is 0.295 e. The molecule has 0 saturated carbocycles. The van der Waals surface area contributed by atoms with Gasteiger partial charge in [-0.25, -0.2) is 0 Å². The van der Waals surface area contributed by atoms with Crippen molar-refractivity contribution in [3.63, 3.8) is 0 Å². The van der Waals surface area contributed by atoms with E-state index in [1.54, 1.807) is 36.4 Å². The molecular formula is C24H27BrN2O6. The molecule has 1 amide bonds. The molecule has 0 spiro atoms. The summed E-state index contributed by atoms with van der Waals surface area (Å²) in [4.78, 5) is 29.6. The number of carbonyl (C=O) groups is 2. The lowest BCUT2D eigenvalue weighted by molar-refractivity contribution is -0.140. The molecule has 2 aromatic rings. The summed E-state index contributed by atoms with van der Waals surface area (Å²) in [6.07, 6.45) is 0. The molecule has 1 atom stereocenters. The molecule has 176 valence electrons. The average Bonchev–Trinajstić information content (AvgIpc) is 3.06. The van der Waals surface area contributed by atoms with E-state index in [0.29, 0.717) is 34.9 Å². The number of benzene rings is 2. The molecule has 1 saturated heterocycles. The first-order valence-electron chi connectivity index (χ1n) is 10.2. The average molecular weight is 519 g/mol. The van der Waals surface area contributed by atoms with E-state index in [0.717, 1.165) is 4.47 Å². The first kappa shape index (κ1) is 24.6. The molecular weight excluding hydrogens is 492 g/mol. The number of rotatable bonds is 8. The number of ether oxygens (including phenoxy) is 3. The predicted molar refractivity (Wildman–Crippen MR) is 128 cm³/mol. The summed E-state index contributed by atoms with van der Waals surface area (Å²) in [6.45, 7) is 0.822. The van der Waals surface area contributed by atoms with Crippen molar-refractivity contribution in [2.45, 2.75) is 6.04 Å². The highest BCUT2D eigenvalue weighted by molar-refractivity contribution is 9.10. The molecule has 1 fully saturated rings. The fourth-order valence-corrected chi connectivity index (χ4v) is 4.05. The van der Waals surface area contributed by atoms with Gasteiger partial charge in [-0.2, -0.15) is 0 Å². The van der Waals surface area contributed by atoms with E-state index in [1.165, 1.54) is 26.2 Å². The van der Waals surface area contributed by atoms with Crippen molar-refractivity contribution in [1.82, 2.24) is 9.80 Å². The number of methoxy groups -OCH3 is 3. The quantitative estimate of drug-likeness (QED) is 0.325. The number of likely N-dealkylation sites (N-methyl/N-ethyl adjacent to an activating group) is 1. The third-order valence-electron chi connectivity index (χ3n) is 5.45. The molecule has 1 N–H and O–H groups in total. The zero-order valence-corrected chi connectivity index (χ0v) is 20.8. The standard InChI is InChI=1S/C24H27BrN2O6/c1-26(2)10-11-27-20(15-12-17(31-3)23(33-5)18(13-15)32-4)19(22(29)24(27)30)21(28)14-6-8-16(25)9-7-14/h6-9,12-13,20,28H,10-11H2,1-5H3. The summed E-state index contributed by atoms with van der Waals surface area (Å²) in [6, 6.07) is 9.42. The van der Waals surface area contributed by atoms with Crippen molar-refractivity contribution in [2.75, 3.05) is 48.5 Å². The second-order valence-corrected chi connectivity index (χ2v) is 8.68. The van der Waals surface area contributed by atoms with Crippen molar-refractivity contribution in [3.8, 4) is 17.2 Å². The van der Waals surface area contributed by atoms with E-state index < -0.39 is 17.7 Å². The molecule has 33 heavy (non-hydrogen) atoms. The molecule has 8 nitrogen and oxygen atoms in total. The maximum Gasteiger partial charge on any atom is 0.295 e. The molecule has 1 unspecified atom stereocenters. The molecule has 0 radical (unpaired) electrons. The first-order valence-corrected chi connectivity index (χ1v) is 11.0. The third-order valence-corrected chi connectivity index (χ3v) is 5.98. The number of halogens is 1. The Labute approximate surface area is 201 Å². The van der Waals surface area contributed by atoms with Gasteiger partial charge in [0.15, 0.2) is 11.5 Å². The van der Waals surface area contributed by atoms with Crippen LogP contribution in [0, 0.1) is 0 Å². The number of carbonyl (C=O) groups excluding carboxylic acids is 2. The summed E-state index contributed by atoms with van der Waals surface area (Å²) >= 11 is 3.37. The number of amides is 1. The number of likely N-dealkylation sites (tertiary alicyclic amines) is 1. The van der Waals surface area contributed by atoms with Crippen LogP contribution in [0.5, 0.6) is 17.2 Å². The number of Topliss-reactive ketones (excluding diaryl/α,β-unsaturated/α-hetero) is 1. The first-order chi connectivity index (χ1) is 15.7.